The van der Waals surface area contributed by atoms with E-state index in [4.69, 9.17) is 5.73 Å². The number of para-hydroxylation sites is 1. The minimum Gasteiger partial charge on any atom is -0.508 e. The molecular weight excluding hydrogens is 198 g/mol. The van der Waals surface area contributed by atoms with Crippen molar-refractivity contribution < 1.29 is 5.11 Å². The van der Waals surface area contributed by atoms with E-state index in [0.29, 0.717) is 11.3 Å². The minimum atomic E-state index is -0.00437. The smallest absolute Gasteiger partial charge is 0.117 e. The van der Waals surface area contributed by atoms with Gasteiger partial charge in [-0.25, -0.2) is 0 Å². The van der Waals surface area contributed by atoms with Crippen LogP contribution >= 0.6 is 0 Å². The highest BCUT2D eigenvalue weighted by Crippen LogP contribution is 2.30. The average Bonchev–Trinajstić information content (AvgIpc) is 2.30. The summed E-state index contributed by atoms with van der Waals surface area (Å²) >= 11 is 0. The van der Waals surface area contributed by atoms with E-state index in [1.54, 1.807) is 6.07 Å². The Morgan fingerprint density at radius 3 is 2.31 bits per heavy atom. The zero-order chi connectivity index (χ0) is 11.5. The number of anilines is 1. The van der Waals surface area contributed by atoms with Gasteiger partial charge in [-0.15, -0.1) is 0 Å². The molecule has 2 nitrogen and oxygen atoms in total. The van der Waals surface area contributed by atoms with Gasteiger partial charge in [-0.2, -0.15) is 0 Å². The van der Waals surface area contributed by atoms with Crippen LogP contribution in [0.15, 0.2) is 55.1 Å². The first-order valence-corrected chi connectivity index (χ1v) is 5.02. The molecule has 0 saturated heterocycles. The van der Waals surface area contributed by atoms with Gasteiger partial charge >= 0.3 is 0 Å². The van der Waals surface area contributed by atoms with Crippen molar-refractivity contribution in [2.75, 3.05) is 5.73 Å². The number of benzene rings is 2. The molecule has 0 aromatic heterocycles. The maximum absolute atomic E-state index is 9.40. The molecule has 0 saturated carbocycles. The molecule has 2 aromatic carbocycles. The number of aliphatic hydroxyl groups is 1. The lowest BCUT2D eigenvalue weighted by atomic mass is 10.00. The Balaban J connectivity index is 2.59. The zero-order valence-electron chi connectivity index (χ0n) is 8.85. The molecule has 2 aromatic rings. The van der Waals surface area contributed by atoms with Gasteiger partial charge in [0.1, 0.15) is 5.76 Å². The van der Waals surface area contributed by atoms with E-state index in [1.165, 1.54) is 0 Å². The van der Waals surface area contributed by atoms with Crippen molar-refractivity contribution in [2.45, 2.75) is 0 Å². The maximum atomic E-state index is 9.40. The van der Waals surface area contributed by atoms with Gasteiger partial charge in [0.25, 0.3) is 0 Å². The van der Waals surface area contributed by atoms with Crippen molar-refractivity contribution in [3.63, 3.8) is 0 Å². The number of nitrogens with two attached hydrogens (primary N) is 1. The van der Waals surface area contributed by atoms with Crippen LogP contribution in [0.25, 0.3) is 16.9 Å². The van der Waals surface area contributed by atoms with Crippen molar-refractivity contribution in [3.05, 3.63) is 60.7 Å². The van der Waals surface area contributed by atoms with E-state index in [9.17, 15) is 5.11 Å². The van der Waals surface area contributed by atoms with Crippen LogP contribution in [0.3, 0.4) is 0 Å². The van der Waals surface area contributed by atoms with Gasteiger partial charge < -0.3 is 10.8 Å². The fraction of sp³-hybridized carbons (Fsp3) is 0. The number of aliphatic hydroxyl groups excluding tert-OH is 1. The van der Waals surface area contributed by atoms with Crippen LogP contribution in [0.4, 0.5) is 5.69 Å². The molecule has 2 heteroatoms. The van der Waals surface area contributed by atoms with Gasteiger partial charge in [0.05, 0.1) is 5.69 Å². The van der Waals surface area contributed by atoms with Crippen LogP contribution in [0, 0.1) is 0 Å². The molecular formula is C14H13NO. The molecule has 0 aliphatic rings. The molecule has 0 bridgehead atoms. The molecule has 0 amide bonds. The highest BCUT2D eigenvalue weighted by molar-refractivity contribution is 5.84. The molecule has 0 aliphatic heterocycles. The van der Waals surface area contributed by atoms with Gasteiger partial charge in [-0.3, -0.25) is 0 Å². The Morgan fingerprint density at radius 2 is 1.69 bits per heavy atom. The molecule has 0 heterocycles. The third-order valence-corrected chi connectivity index (χ3v) is 2.50. The van der Waals surface area contributed by atoms with E-state index in [2.05, 4.69) is 6.58 Å². The van der Waals surface area contributed by atoms with Gasteiger partial charge in [-0.1, -0.05) is 49.0 Å². The summed E-state index contributed by atoms with van der Waals surface area (Å²) in [7, 11) is 0. The Kier molecular flexibility index (Phi) is 2.64. The van der Waals surface area contributed by atoms with Gasteiger partial charge in [0.15, 0.2) is 0 Å². The fourth-order valence-corrected chi connectivity index (χ4v) is 1.69. The standard InChI is InChI=1S/C14H13NO/c1-10(16)12-8-5-9-13(14(12)15)11-6-3-2-4-7-11/h2-9,16H,1,15H2. The fourth-order valence-electron chi connectivity index (χ4n) is 1.69. The Morgan fingerprint density at radius 1 is 1.00 bits per heavy atom. The van der Waals surface area contributed by atoms with Crippen molar-refractivity contribution in [3.8, 4) is 11.1 Å². The second-order valence-corrected chi connectivity index (χ2v) is 3.58. The summed E-state index contributed by atoms with van der Waals surface area (Å²) in [5.41, 5.74) is 9.08. The largest absolute Gasteiger partial charge is 0.508 e. The van der Waals surface area contributed by atoms with Gasteiger partial charge in [0, 0.05) is 11.1 Å². The van der Waals surface area contributed by atoms with E-state index in [0.717, 1.165) is 11.1 Å². The Labute approximate surface area is 94.7 Å². The first kappa shape index (κ1) is 10.3. The van der Waals surface area contributed by atoms with Crippen LogP contribution in [0.5, 0.6) is 0 Å². The molecule has 0 unspecified atom stereocenters. The molecule has 3 N–H and O–H groups in total. The summed E-state index contributed by atoms with van der Waals surface area (Å²) in [4.78, 5) is 0. The normalized spacial score (nSPS) is 10.0. The summed E-state index contributed by atoms with van der Waals surface area (Å²) in [5.74, 6) is -0.00437. The molecule has 16 heavy (non-hydrogen) atoms. The molecule has 0 fully saturated rings. The minimum absolute atomic E-state index is 0.00437. The quantitative estimate of drug-likeness (QED) is 0.590. The Bertz CT molecular complexity index is 518. The maximum Gasteiger partial charge on any atom is 0.117 e. The summed E-state index contributed by atoms with van der Waals surface area (Å²) in [6.45, 7) is 3.50. The van der Waals surface area contributed by atoms with Gasteiger partial charge in [0.2, 0.25) is 0 Å². The van der Waals surface area contributed by atoms with Crippen LogP contribution in [-0.2, 0) is 0 Å². The number of nitrogen functional groups attached to an aromatic ring is 1. The van der Waals surface area contributed by atoms with E-state index in [-0.39, 0.29) is 5.76 Å². The van der Waals surface area contributed by atoms with Crippen molar-refractivity contribution in [1.29, 1.82) is 0 Å². The topological polar surface area (TPSA) is 46.2 Å². The Hall–Kier alpha value is -2.22. The van der Waals surface area contributed by atoms with E-state index in [1.807, 2.05) is 42.5 Å². The monoisotopic (exact) mass is 211 g/mol. The van der Waals surface area contributed by atoms with Crippen LogP contribution < -0.4 is 5.73 Å². The summed E-state index contributed by atoms with van der Waals surface area (Å²) in [6.07, 6.45) is 0. The predicted octanol–water partition coefficient (Wildman–Crippen LogP) is 3.46. The molecule has 2 rings (SSSR count). The zero-order valence-corrected chi connectivity index (χ0v) is 8.85. The SMILES string of the molecule is C=C(O)c1cccc(-c2ccccc2)c1N. The summed E-state index contributed by atoms with van der Waals surface area (Å²) in [6, 6.07) is 15.4. The molecule has 0 radical (unpaired) electrons. The number of hydrogen-bond donors (Lipinski definition) is 2. The first-order chi connectivity index (χ1) is 7.70. The lowest BCUT2D eigenvalue weighted by Crippen LogP contribution is -1.95. The van der Waals surface area contributed by atoms with E-state index >= 15 is 0 Å². The van der Waals surface area contributed by atoms with Crippen molar-refractivity contribution in [1.82, 2.24) is 0 Å². The average molecular weight is 211 g/mol. The lowest BCUT2D eigenvalue weighted by molar-refractivity contribution is 0.514. The second kappa shape index (κ2) is 4.11. The third kappa shape index (κ3) is 1.77. The second-order valence-electron chi connectivity index (χ2n) is 3.58. The predicted molar refractivity (Wildman–Crippen MR) is 68.0 cm³/mol. The molecule has 0 aliphatic carbocycles. The van der Waals surface area contributed by atoms with Crippen LogP contribution in [-0.4, -0.2) is 5.11 Å². The molecule has 80 valence electrons. The first-order valence-electron chi connectivity index (χ1n) is 5.02. The van der Waals surface area contributed by atoms with Crippen LogP contribution in [0.1, 0.15) is 5.56 Å². The number of rotatable bonds is 2. The molecule has 0 atom stereocenters. The third-order valence-electron chi connectivity index (χ3n) is 2.50. The van der Waals surface area contributed by atoms with Crippen molar-refractivity contribution in [2.24, 2.45) is 0 Å². The van der Waals surface area contributed by atoms with Crippen LogP contribution in [0.2, 0.25) is 0 Å². The number of hydrogen-bond acceptors (Lipinski definition) is 2. The lowest BCUT2D eigenvalue weighted by Gasteiger charge is -2.10. The van der Waals surface area contributed by atoms with Gasteiger partial charge in [-0.05, 0) is 11.6 Å². The summed E-state index contributed by atoms with van der Waals surface area (Å²) in [5, 5.41) is 9.40. The van der Waals surface area contributed by atoms with E-state index < -0.39 is 0 Å². The molecule has 0 spiro atoms. The highest BCUT2D eigenvalue weighted by Gasteiger charge is 2.07. The highest BCUT2D eigenvalue weighted by atomic mass is 16.3. The summed E-state index contributed by atoms with van der Waals surface area (Å²) < 4.78 is 0. The van der Waals surface area contributed by atoms with Crippen molar-refractivity contribution >= 4 is 11.4 Å².